The van der Waals surface area contributed by atoms with E-state index in [2.05, 4.69) is 10.2 Å². The van der Waals surface area contributed by atoms with Crippen molar-refractivity contribution in [3.63, 3.8) is 0 Å². The van der Waals surface area contributed by atoms with E-state index < -0.39 is 6.09 Å². The molecule has 2 unspecified atom stereocenters. The van der Waals surface area contributed by atoms with Crippen molar-refractivity contribution >= 4 is 22.7 Å². The van der Waals surface area contributed by atoms with Crippen LogP contribution in [0.4, 0.5) is 10.5 Å². The molecule has 2 saturated heterocycles. The molecule has 0 spiro atoms. The summed E-state index contributed by atoms with van der Waals surface area (Å²) >= 11 is 0. The Bertz CT molecular complexity index is 826. The smallest absolute Gasteiger partial charge is 0.411 e. The molecule has 144 valence electrons. The van der Waals surface area contributed by atoms with Gasteiger partial charge in [0.1, 0.15) is 12.2 Å². The minimum absolute atomic E-state index is 0.279. The zero-order chi connectivity index (χ0) is 18.6. The molecule has 0 radical (unpaired) electrons. The van der Waals surface area contributed by atoms with Gasteiger partial charge < -0.3 is 14.1 Å². The standard InChI is InChI=1S/C22H28N2O3/c1-2-3-12-26-22(25)23-17-7-8-21-19(14-17)20(15-27-21)16-9-11-24-10-5-4-6-18(24)13-16/h2-3,7-8,14-16,18H,4-6,9-13H2,1H3,(H,23,25)/b3-2+. The van der Waals surface area contributed by atoms with E-state index in [1.165, 1.54) is 50.8 Å². The number of ether oxygens (including phenoxy) is 1. The van der Waals surface area contributed by atoms with Crippen LogP contribution < -0.4 is 5.32 Å². The van der Waals surface area contributed by atoms with Gasteiger partial charge in [-0.05, 0) is 69.8 Å². The van der Waals surface area contributed by atoms with Gasteiger partial charge in [-0.1, -0.05) is 18.6 Å². The fraction of sp³-hybridized carbons (Fsp3) is 0.500. The van der Waals surface area contributed by atoms with E-state index >= 15 is 0 Å². The summed E-state index contributed by atoms with van der Waals surface area (Å²) in [5.41, 5.74) is 2.90. The average molecular weight is 368 g/mol. The van der Waals surface area contributed by atoms with Crippen LogP contribution in [0.3, 0.4) is 0 Å². The number of piperidine rings is 2. The van der Waals surface area contributed by atoms with Crippen molar-refractivity contribution in [2.24, 2.45) is 0 Å². The number of rotatable bonds is 4. The van der Waals surface area contributed by atoms with Gasteiger partial charge in [0.25, 0.3) is 0 Å². The first kappa shape index (κ1) is 18.1. The number of anilines is 1. The van der Waals surface area contributed by atoms with Gasteiger partial charge >= 0.3 is 6.09 Å². The van der Waals surface area contributed by atoms with Crippen LogP contribution in [0.5, 0.6) is 0 Å². The zero-order valence-corrected chi connectivity index (χ0v) is 15.9. The second-order valence-electron chi connectivity index (χ2n) is 7.60. The van der Waals surface area contributed by atoms with Crippen LogP contribution >= 0.6 is 0 Å². The van der Waals surface area contributed by atoms with Crippen LogP contribution in [0.25, 0.3) is 11.0 Å². The van der Waals surface area contributed by atoms with E-state index in [0.717, 1.165) is 16.7 Å². The molecule has 1 amide bonds. The summed E-state index contributed by atoms with van der Waals surface area (Å²) in [6, 6.07) is 6.51. The molecule has 3 heterocycles. The third-order valence-corrected chi connectivity index (χ3v) is 5.91. The van der Waals surface area contributed by atoms with Crippen molar-refractivity contribution in [2.75, 3.05) is 25.0 Å². The van der Waals surface area contributed by atoms with Gasteiger partial charge in [-0.2, -0.15) is 0 Å². The van der Waals surface area contributed by atoms with Crippen LogP contribution in [-0.4, -0.2) is 36.7 Å². The Hall–Kier alpha value is -2.27. The first-order chi connectivity index (χ1) is 13.2. The first-order valence-electron chi connectivity index (χ1n) is 10.0. The quantitative estimate of drug-likeness (QED) is 0.745. The van der Waals surface area contributed by atoms with Crippen molar-refractivity contribution in [1.29, 1.82) is 0 Å². The molecule has 1 aromatic heterocycles. The Morgan fingerprint density at radius 2 is 2.26 bits per heavy atom. The van der Waals surface area contributed by atoms with E-state index in [1.54, 1.807) is 6.08 Å². The molecular formula is C22H28N2O3. The topological polar surface area (TPSA) is 54.7 Å². The summed E-state index contributed by atoms with van der Waals surface area (Å²) in [5, 5.41) is 3.92. The highest BCUT2D eigenvalue weighted by Crippen LogP contribution is 2.39. The van der Waals surface area contributed by atoms with Gasteiger partial charge in [0.15, 0.2) is 0 Å². The van der Waals surface area contributed by atoms with E-state index in [1.807, 2.05) is 37.5 Å². The summed E-state index contributed by atoms with van der Waals surface area (Å²) in [6.07, 6.45) is 11.5. The molecule has 0 saturated carbocycles. The molecule has 0 aliphatic carbocycles. The maximum atomic E-state index is 11.9. The van der Waals surface area contributed by atoms with Crippen LogP contribution in [0.15, 0.2) is 41.0 Å². The molecule has 2 aliphatic rings. The molecule has 27 heavy (non-hydrogen) atoms. The monoisotopic (exact) mass is 368 g/mol. The summed E-state index contributed by atoms with van der Waals surface area (Å²) < 4.78 is 10.9. The van der Waals surface area contributed by atoms with Crippen LogP contribution in [0, 0.1) is 0 Å². The molecule has 2 aromatic rings. The number of allylic oxidation sites excluding steroid dienone is 1. The second kappa shape index (κ2) is 8.17. The summed E-state index contributed by atoms with van der Waals surface area (Å²) in [5.74, 6) is 0.530. The summed E-state index contributed by atoms with van der Waals surface area (Å²) in [6.45, 7) is 4.61. The van der Waals surface area contributed by atoms with Crippen LogP contribution in [0.1, 0.15) is 50.5 Å². The van der Waals surface area contributed by atoms with E-state index in [-0.39, 0.29) is 6.61 Å². The Balaban J connectivity index is 1.49. The van der Waals surface area contributed by atoms with Crippen LogP contribution in [0.2, 0.25) is 0 Å². The van der Waals surface area contributed by atoms with E-state index in [4.69, 9.17) is 9.15 Å². The first-order valence-corrected chi connectivity index (χ1v) is 10.0. The number of furan rings is 1. The molecule has 1 N–H and O–H groups in total. The van der Waals surface area contributed by atoms with Crippen LogP contribution in [-0.2, 0) is 4.74 Å². The second-order valence-corrected chi connectivity index (χ2v) is 7.60. The van der Waals surface area contributed by atoms with E-state index in [9.17, 15) is 4.79 Å². The number of hydrogen-bond donors (Lipinski definition) is 1. The molecule has 2 aliphatic heterocycles. The predicted molar refractivity (Wildman–Crippen MR) is 107 cm³/mol. The lowest BCUT2D eigenvalue weighted by molar-refractivity contribution is 0.0975. The minimum Gasteiger partial charge on any atom is -0.464 e. The summed E-state index contributed by atoms with van der Waals surface area (Å²) in [7, 11) is 0. The van der Waals surface area contributed by atoms with Crippen molar-refractivity contribution < 1.29 is 13.9 Å². The summed E-state index contributed by atoms with van der Waals surface area (Å²) in [4.78, 5) is 14.6. The minimum atomic E-state index is -0.437. The molecule has 2 atom stereocenters. The van der Waals surface area contributed by atoms with Crippen molar-refractivity contribution in [2.45, 2.75) is 51.0 Å². The molecule has 0 bridgehead atoms. The lowest BCUT2D eigenvalue weighted by atomic mass is 9.82. The number of benzene rings is 1. The number of carbonyl (C=O) groups excluding carboxylic acids is 1. The number of nitrogens with one attached hydrogen (secondary N) is 1. The predicted octanol–water partition coefficient (Wildman–Crippen LogP) is 5.29. The van der Waals surface area contributed by atoms with Gasteiger partial charge in [0.2, 0.25) is 0 Å². The normalized spacial score (nSPS) is 23.4. The highest BCUT2D eigenvalue weighted by atomic mass is 16.5. The lowest BCUT2D eigenvalue weighted by Gasteiger charge is -2.42. The molecule has 5 heteroatoms. The fourth-order valence-electron chi connectivity index (χ4n) is 4.49. The zero-order valence-electron chi connectivity index (χ0n) is 15.9. The SMILES string of the molecule is C/C=C/COC(=O)Nc1ccc2occ(C3CCN4CCCCC4C3)c2c1. The van der Waals surface area contributed by atoms with Crippen molar-refractivity contribution in [3.05, 3.63) is 42.2 Å². The Labute approximate surface area is 160 Å². The van der Waals surface area contributed by atoms with Crippen molar-refractivity contribution in [1.82, 2.24) is 4.90 Å². The Morgan fingerprint density at radius 3 is 3.15 bits per heavy atom. The van der Waals surface area contributed by atoms with Crippen molar-refractivity contribution in [3.8, 4) is 0 Å². The number of fused-ring (bicyclic) bond motifs is 2. The number of hydrogen-bond acceptors (Lipinski definition) is 4. The number of amides is 1. The van der Waals surface area contributed by atoms with Gasteiger partial charge in [-0.25, -0.2) is 4.79 Å². The molecule has 1 aromatic carbocycles. The molecular weight excluding hydrogens is 340 g/mol. The van der Waals surface area contributed by atoms with Gasteiger partial charge in [0, 0.05) is 22.7 Å². The Kier molecular flexibility index (Phi) is 5.48. The molecule has 2 fully saturated rings. The van der Waals surface area contributed by atoms with Gasteiger partial charge in [0.05, 0.1) is 6.26 Å². The van der Waals surface area contributed by atoms with Gasteiger partial charge in [-0.15, -0.1) is 0 Å². The number of carbonyl (C=O) groups is 1. The largest absolute Gasteiger partial charge is 0.464 e. The number of nitrogens with zero attached hydrogens (tertiary/aromatic N) is 1. The molecule has 4 rings (SSSR count). The molecule has 5 nitrogen and oxygen atoms in total. The fourth-order valence-corrected chi connectivity index (χ4v) is 4.49. The average Bonchev–Trinajstić information content (AvgIpc) is 3.11. The highest BCUT2D eigenvalue weighted by molar-refractivity contribution is 5.91. The third-order valence-electron chi connectivity index (χ3n) is 5.91. The lowest BCUT2D eigenvalue weighted by Crippen LogP contribution is -2.44. The van der Waals surface area contributed by atoms with Gasteiger partial charge in [-0.3, -0.25) is 5.32 Å². The highest BCUT2D eigenvalue weighted by Gasteiger charge is 2.32. The third kappa shape index (κ3) is 4.03. The maximum absolute atomic E-state index is 11.9. The Morgan fingerprint density at radius 1 is 1.33 bits per heavy atom. The van der Waals surface area contributed by atoms with E-state index in [0.29, 0.717) is 12.0 Å². The maximum Gasteiger partial charge on any atom is 0.411 e.